The topological polar surface area (TPSA) is 49.4 Å². The molecule has 3 aromatic carbocycles. The fourth-order valence-electron chi connectivity index (χ4n) is 6.37. The van der Waals surface area contributed by atoms with Crippen LogP contribution in [0.5, 0.6) is 0 Å². The standard InChI is InChI=1S/C32H35IN2O2/c1-22(2)34-31(37)32(21-24-15-9-12-20-28(24)33)27-19-11-10-18-26(27)30(36)35(25-16-7-4-8-17-25)29(32)23-13-5-3-6-14-23/h3,5-6,9-15,18-20,22,25,29H,4,7-8,16-17,21H2,1-2H3,(H,34,37)/t29?,32-/m0/s1. The third-order valence-corrected chi connectivity index (χ3v) is 9.01. The lowest BCUT2D eigenvalue weighted by atomic mass is 9.62. The Kier molecular flexibility index (Phi) is 7.70. The summed E-state index contributed by atoms with van der Waals surface area (Å²) in [4.78, 5) is 31.1. The number of hydrogen-bond donors (Lipinski definition) is 1. The Balaban J connectivity index is 1.83. The van der Waals surface area contributed by atoms with Crippen molar-refractivity contribution < 1.29 is 9.59 Å². The van der Waals surface area contributed by atoms with Crippen molar-refractivity contribution in [2.24, 2.45) is 0 Å². The first-order valence-electron chi connectivity index (χ1n) is 13.4. The second-order valence-corrected chi connectivity index (χ2v) is 11.9. The Morgan fingerprint density at radius 1 is 0.946 bits per heavy atom. The van der Waals surface area contributed by atoms with Gasteiger partial charge in [-0.1, -0.05) is 86.0 Å². The van der Waals surface area contributed by atoms with Crippen LogP contribution in [0.25, 0.3) is 0 Å². The fraction of sp³-hybridized carbons (Fsp3) is 0.375. The van der Waals surface area contributed by atoms with E-state index < -0.39 is 11.5 Å². The van der Waals surface area contributed by atoms with E-state index in [4.69, 9.17) is 0 Å². The van der Waals surface area contributed by atoms with Gasteiger partial charge in [0.1, 0.15) is 5.41 Å². The number of carbonyl (C=O) groups excluding carboxylic acids is 2. The van der Waals surface area contributed by atoms with E-state index >= 15 is 0 Å². The van der Waals surface area contributed by atoms with Crippen LogP contribution in [0.3, 0.4) is 0 Å². The minimum atomic E-state index is -0.977. The molecule has 37 heavy (non-hydrogen) atoms. The van der Waals surface area contributed by atoms with Gasteiger partial charge in [-0.3, -0.25) is 9.59 Å². The van der Waals surface area contributed by atoms with Gasteiger partial charge in [0.25, 0.3) is 5.91 Å². The zero-order valence-corrected chi connectivity index (χ0v) is 23.8. The van der Waals surface area contributed by atoms with E-state index in [1.807, 2.05) is 68.4 Å². The van der Waals surface area contributed by atoms with E-state index in [9.17, 15) is 9.59 Å². The maximum Gasteiger partial charge on any atom is 0.254 e. The lowest BCUT2D eigenvalue weighted by Gasteiger charge is -2.53. The van der Waals surface area contributed by atoms with E-state index in [0.29, 0.717) is 12.0 Å². The van der Waals surface area contributed by atoms with Crippen LogP contribution >= 0.6 is 22.6 Å². The molecule has 3 aromatic rings. The smallest absolute Gasteiger partial charge is 0.254 e. The second kappa shape index (κ2) is 11.0. The van der Waals surface area contributed by atoms with Crippen molar-refractivity contribution in [1.82, 2.24) is 10.2 Å². The number of nitrogens with zero attached hydrogens (tertiary/aromatic N) is 1. The molecule has 1 unspecified atom stereocenters. The zero-order valence-electron chi connectivity index (χ0n) is 21.6. The highest BCUT2D eigenvalue weighted by atomic mass is 127. The van der Waals surface area contributed by atoms with Gasteiger partial charge in [-0.2, -0.15) is 0 Å². The molecule has 1 aliphatic carbocycles. The largest absolute Gasteiger partial charge is 0.353 e. The first kappa shape index (κ1) is 26.0. The molecule has 1 fully saturated rings. The van der Waals surface area contributed by atoms with Crippen LogP contribution in [0.1, 0.15) is 79.0 Å². The van der Waals surface area contributed by atoms with Crippen LogP contribution < -0.4 is 5.32 Å². The third-order valence-electron chi connectivity index (χ3n) is 7.95. The van der Waals surface area contributed by atoms with Crippen LogP contribution in [-0.4, -0.2) is 28.8 Å². The van der Waals surface area contributed by atoms with Crippen LogP contribution in [0, 0.1) is 3.57 Å². The van der Waals surface area contributed by atoms with Gasteiger partial charge in [-0.05, 0) is 84.5 Å². The Morgan fingerprint density at radius 3 is 2.30 bits per heavy atom. The number of rotatable bonds is 6. The fourth-order valence-corrected chi connectivity index (χ4v) is 6.95. The van der Waals surface area contributed by atoms with Gasteiger partial charge in [-0.15, -0.1) is 0 Å². The molecule has 1 N–H and O–H groups in total. The van der Waals surface area contributed by atoms with Crippen LogP contribution in [0.15, 0.2) is 78.9 Å². The molecule has 0 bridgehead atoms. The molecule has 2 amide bonds. The summed E-state index contributed by atoms with van der Waals surface area (Å²) in [6, 6.07) is 26.0. The highest BCUT2D eigenvalue weighted by Crippen LogP contribution is 2.51. The summed E-state index contributed by atoms with van der Waals surface area (Å²) >= 11 is 2.37. The number of hydrogen-bond acceptors (Lipinski definition) is 2. The first-order valence-corrected chi connectivity index (χ1v) is 14.5. The third kappa shape index (κ3) is 4.83. The molecular weight excluding hydrogens is 571 g/mol. The summed E-state index contributed by atoms with van der Waals surface area (Å²) in [7, 11) is 0. The predicted molar refractivity (Wildman–Crippen MR) is 156 cm³/mol. The monoisotopic (exact) mass is 606 g/mol. The van der Waals surface area contributed by atoms with Gasteiger partial charge in [0, 0.05) is 21.2 Å². The molecule has 0 spiro atoms. The lowest BCUT2D eigenvalue weighted by molar-refractivity contribution is -0.131. The molecule has 5 heteroatoms. The van der Waals surface area contributed by atoms with Crippen molar-refractivity contribution in [3.8, 4) is 0 Å². The molecule has 1 aliphatic heterocycles. The zero-order chi connectivity index (χ0) is 26.0. The summed E-state index contributed by atoms with van der Waals surface area (Å²) in [5.74, 6) is 0.0313. The molecular formula is C32H35IN2O2. The number of nitrogens with one attached hydrogen (secondary N) is 1. The molecule has 1 heterocycles. The average molecular weight is 607 g/mol. The van der Waals surface area contributed by atoms with Gasteiger partial charge >= 0.3 is 0 Å². The Bertz CT molecular complexity index is 1270. The van der Waals surface area contributed by atoms with Crippen molar-refractivity contribution >= 4 is 34.4 Å². The summed E-state index contributed by atoms with van der Waals surface area (Å²) in [6.45, 7) is 4.02. The molecule has 0 saturated heterocycles. The minimum Gasteiger partial charge on any atom is -0.353 e. The maximum absolute atomic E-state index is 14.7. The lowest BCUT2D eigenvalue weighted by Crippen LogP contribution is -2.62. The Labute approximate surface area is 234 Å². The summed E-state index contributed by atoms with van der Waals surface area (Å²) in [5.41, 5.74) is 2.65. The molecule has 1 saturated carbocycles. The molecule has 0 aromatic heterocycles. The van der Waals surface area contributed by atoms with Crippen molar-refractivity contribution in [3.63, 3.8) is 0 Å². The van der Waals surface area contributed by atoms with E-state index in [1.54, 1.807) is 0 Å². The highest BCUT2D eigenvalue weighted by molar-refractivity contribution is 14.1. The SMILES string of the molecule is CC(C)NC(=O)[C@@]1(Cc2ccccc2I)c2ccccc2C(=O)N(C2CCCCC2)C1c1ccccc1. The normalized spacial score (nSPS) is 22.1. The van der Waals surface area contributed by atoms with Gasteiger partial charge < -0.3 is 10.2 Å². The maximum atomic E-state index is 14.7. The number of amides is 2. The summed E-state index contributed by atoms with van der Waals surface area (Å²) in [5, 5.41) is 3.29. The first-order chi connectivity index (χ1) is 17.9. The molecule has 2 aliphatic rings. The van der Waals surface area contributed by atoms with Gasteiger partial charge in [0.05, 0.1) is 6.04 Å². The molecule has 2 atom stereocenters. The van der Waals surface area contributed by atoms with Crippen LogP contribution in [0.4, 0.5) is 0 Å². The van der Waals surface area contributed by atoms with E-state index in [1.165, 1.54) is 6.42 Å². The van der Waals surface area contributed by atoms with E-state index in [-0.39, 0.29) is 23.9 Å². The van der Waals surface area contributed by atoms with Crippen LogP contribution in [0.2, 0.25) is 0 Å². The summed E-state index contributed by atoms with van der Waals surface area (Å²) in [6.07, 6.45) is 5.88. The van der Waals surface area contributed by atoms with Crippen molar-refractivity contribution in [1.29, 1.82) is 0 Å². The van der Waals surface area contributed by atoms with E-state index in [0.717, 1.165) is 45.9 Å². The predicted octanol–water partition coefficient (Wildman–Crippen LogP) is 6.83. The van der Waals surface area contributed by atoms with Gasteiger partial charge in [0.2, 0.25) is 5.91 Å². The van der Waals surface area contributed by atoms with Gasteiger partial charge in [0.15, 0.2) is 0 Å². The second-order valence-electron chi connectivity index (χ2n) is 10.7. The van der Waals surface area contributed by atoms with Gasteiger partial charge in [-0.25, -0.2) is 0 Å². The molecule has 4 nitrogen and oxygen atoms in total. The minimum absolute atomic E-state index is 0.0169. The average Bonchev–Trinajstić information content (AvgIpc) is 2.92. The Hall–Kier alpha value is -2.67. The molecule has 192 valence electrons. The summed E-state index contributed by atoms with van der Waals surface area (Å²) < 4.78 is 1.13. The number of benzene rings is 3. The van der Waals surface area contributed by atoms with Crippen molar-refractivity contribution in [2.45, 2.75) is 75.9 Å². The van der Waals surface area contributed by atoms with Crippen molar-refractivity contribution in [3.05, 3.63) is 105 Å². The number of fused-ring (bicyclic) bond motifs is 1. The van der Waals surface area contributed by atoms with Crippen LogP contribution in [-0.2, 0) is 16.6 Å². The quantitative estimate of drug-likeness (QED) is 0.313. The van der Waals surface area contributed by atoms with Crippen molar-refractivity contribution in [2.75, 3.05) is 0 Å². The Morgan fingerprint density at radius 2 is 1.59 bits per heavy atom. The molecule has 5 rings (SSSR count). The highest BCUT2D eigenvalue weighted by Gasteiger charge is 2.57. The van der Waals surface area contributed by atoms with E-state index in [2.05, 4.69) is 57.1 Å². The number of carbonyl (C=O) groups is 2. The number of halogens is 1. The molecule has 0 radical (unpaired) electrons.